The number of hydrogen-bond donors (Lipinski definition) is 1. The van der Waals surface area contributed by atoms with E-state index in [9.17, 15) is 28.7 Å². The highest BCUT2D eigenvalue weighted by atomic mass is 19.1. The number of aryl methyl sites for hydroxylation is 2. The standard InChI is InChI=1S/C26H31FN4O5/c1-15-13-16(5-7-18(15)27)6-8-19(32)20-21(33)22(34)31-14-17-9-11-26(12-10-17,25(31)28-20)30(4)24(36)23(35)29(2)3/h5,7,13,17,33H,6,8-12,14H2,1-4H3. The lowest BCUT2D eigenvalue weighted by Gasteiger charge is -2.43. The Balaban J connectivity index is 1.74. The highest BCUT2D eigenvalue weighted by Crippen LogP contribution is 2.46. The Morgan fingerprint density at radius 1 is 1.17 bits per heavy atom. The minimum atomic E-state index is -1.05. The van der Waals surface area contributed by atoms with E-state index in [0.29, 0.717) is 37.8 Å². The normalized spacial score (nSPS) is 20.4. The van der Waals surface area contributed by atoms with Crippen LogP contribution in [0, 0.1) is 18.7 Å². The maximum absolute atomic E-state index is 13.6. The van der Waals surface area contributed by atoms with Gasteiger partial charge in [-0.05, 0) is 62.1 Å². The van der Waals surface area contributed by atoms with Crippen LogP contribution < -0.4 is 5.56 Å². The third-order valence-electron chi connectivity index (χ3n) is 7.60. The Bertz CT molecular complexity index is 1290. The predicted octanol–water partition coefficient (Wildman–Crippen LogP) is 2.16. The molecule has 10 heteroatoms. The van der Waals surface area contributed by atoms with Crippen LogP contribution in [0.2, 0.25) is 0 Å². The van der Waals surface area contributed by atoms with Crippen LogP contribution in [0.5, 0.6) is 5.75 Å². The van der Waals surface area contributed by atoms with Crippen molar-refractivity contribution in [2.24, 2.45) is 5.92 Å². The van der Waals surface area contributed by atoms with Gasteiger partial charge < -0.3 is 14.9 Å². The summed E-state index contributed by atoms with van der Waals surface area (Å²) in [5, 5.41) is 10.7. The molecule has 1 N–H and O–H groups in total. The molecule has 2 aliphatic heterocycles. The first-order valence-electron chi connectivity index (χ1n) is 12.1. The van der Waals surface area contributed by atoms with Crippen molar-refractivity contribution in [2.45, 2.75) is 57.5 Å². The number of carbonyl (C=O) groups excluding carboxylic acids is 3. The molecule has 1 aromatic heterocycles. The average molecular weight is 499 g/mol. The summed E-state index contributed by atoms with van der Waals surface area (Å²) in [7, 11) is 4.50. The number of aromatic nitrogens is 2. The van der Waals surface area contributed by atoms with Crippen molar-refractivity contribution < 1.29 is 23.9 Å². The lowest BCUT2D eigenvalue weighted by atomic mass is 9.76. The molecule has 2 amide bonds. The molecular formula is C26H31FN4O5. The van der Waals surface area contributed by atoms with Gasteiger partial charge in [0, 0.05) is 34.1 Å². The molecule has 3 aliphatic rings. The number of hydrogen-bond acceptors (Lipinski definition) is 6. The van der Waals surface area contributed by atoms with Crippen LogP contribution in [0.4, 0.5) is 4.39 Å². The van der Waals surface area contributed by atoms with E-state index >= 15 is 0 Å². The summed E-state index contributed by atoms with van der Waals surface area (Å²) in [6.45, 7) is 1.96. The molecule has 5 rings (SSSR count). The molecule has 1 saturated carbocycles. The number of benzene rings is 1. The van der Waals surface area contributed by atoms with E-state index in [0.717, 1.165) is 5.56 Å². The van der Waals surface area contributed by atoms with Gasteiger partial charge in [0.05, 0.1) is 0 Å². The van der Waals surface area contributed by atoms with Crippen LogP contribution in [-0.4, -0.2) is 63.2 Å². The lowest BCUT2D eigenvalue weighted by molar-refractivity contribution is -0.154. The number of aromatic hydroxyl groups is 1. The Hall–Kier alpha value is -3.56. The van der Waals surface area contributed by atoms with E-state index < -0.39 is 34.4 Å². The molecule has 2 aromatic rings. The van der Waals surface area contributed by atoms with Crippen molar-refractivity contribution >= 4 is 17.6 Å². The molecule has 36 heavy (non-hydrogen) atoms. The zero-order valence-corrected chi connectivity index (χ0v) is 21.0. The van der Waals surface area contributed by atoms with Gasteiger partial charge >= 0.3 is 11.8 Å². The fraction of sp³-hybridized carbons (Fsp3) is 0.500. The smallest absolute Gasteiger partial charge is 0.312 e. The first kappa shape index (κ1) is 25.5. The molecule has 9 nitrogen and oxygen atoms in total. The fourth-order valence-corrected chi connectivity index (χ4v) is 5.34. The first-order chi connectivity index (χ1) is 17.0. The molecule has 0 unspecified atom stereocenters. The number of nitrogens with zero attached hydrogens (tertiary/aromatic N) is 4. The highest BCUT2D eigenvalue weighted by Gasteiger charge is 2.50. The molecule has 0 spiro atoms. The van der Waals surface area contributed by atoms with Crippen molar-refractivity contribution in [3.8, 4) is 5.75 Å². The molecule has 0 atom stereocenters. The minimum absolute atomic E-state index is 0.0436. The van der Waals surface area contributed by atoms with Gasteiger partial charge in [0.15, 0.2) is 11.5 Å². The molecule has 1 aliphatic carbocycles. The maximum Gasteiger partial charge on any atom is 0.312 e. The van der Waals surface area contributed by atoms with Crippen LogP contribution in [-0.2, 0) is 28.1 Å². The van der Waals surface area contributed by atoms with E-state index in [4.69, 9.17) is 0 Å². The number of Topliss-reactive ketones (excluding diaryl/α,β-unsaturated/α-hetero) is 1. The zero-order valence-electron chi connectivity index (χ0n) is 21.0. The summed E-state index contributed by atoms with van der Waals surface area (Å²) >= 11 is 0. The van der Waals surface area contributed by atoms with E-state index in [1.807, 2.05) is 0 Å². The summed E-state index contributed by atoms with van der Waals surface area (Å²) in [6.07, 6.45) is 2.64. The molecular weight excluding hydrogens is 467 g/mol. The molecule has 1 fully saturated rings. The zero-order chi connectivity index (χ0) is 26.4. The van der Waals surface area contributed by atoms with Gasteiger partial charge in [-0.15, -0.1) is 0 Å². The number of carbonyl (C=O) groups is 3. The number of ketones is 1. The molecule has 192 valence electrons. The van der Waals surface area contributed by atoms with Gasteiger partial charge in [0.1, 0.15) is 17.2 Å². The van der Waals surface area contributed by atoms with E-state index in [1.54, 1.807) is 19.1 Å². The van der Waals surface area contributed by atoms with Crippen molar-refractivity contribution in [3.05, 3.63) is 57.0 Å². The van der Waals surface area contributed by atoms with Crippen LogP contribution in [0.1, 0.15) is 59.5 Å². The fourth-order valence-electron chi connectivity index (χ4n) is 5.34. The second-order valence-electron chi connectivity index (χ2n) is 10.1. The summed E-state index contributed by atoms with van der Waals surface area (Å²) < 4.78 is 14.9. The number of likely N-dealkylation sites (N-methyl/N-ethyl adjacent to an activating group) is 2. The quantitative estimate of drug-likeness (QED) is 0.499. The third-order valence-corrected chi connectivity index (χ3v) is 7.60. The van der Waals surface area contributed by atoms with Gasteiger partial charge in [-0.1, -0.05) is 12.1 Å². The number of fused-ring (bicyclic) bond motifs is 2. The largest absolute Gasteiger partial charge is 0.501 e. The maximum atomic E-state index is 13.6. The minimum Gasteiger partial charge on any atom is -0.501 e. The van der Waals surface area contributed by atoms with Gasteiger partial charge in [-0.3, -0.25) is 23.7 Å². The molecule has 0 saturated heterocycles. The Kier molecular flexibility index (Phi) is 6.72. The van der Waals surface area contributed by atoms with Gasteiger partial charge in [-0.2, -0.15) is 0 Å². The Labute approximate surface area is 208 Å². The summed E-state index contributed by atoms with van der Waals surface area (Å²) in [5.41, 5.74) is -0.905. The van der Waals surface area contributed by atoms with E-state index in [2.05, 4.69) is 4.98 Å². The van der Waals surface area contributed by atoms with Crippen molar-refractivity contribution in [2.75, 3.05) is 21.1 Å². The van der Waals surface area contributed by atoms with Gasteiger partial charge in [-0.25, -0.2) is 9.37 Å². The van der Waals surface area contributed by atoms with Crippen LogP contribution in [0.3, 0.4) is 0 Å². The van der Waals surface area contributed by atoms with E-state index in [1.165, 1.54) is 41.6 Å². The molecule has 1 aromatic carbocycles. The molecule has 3 heterocycles. The van der Waals surface area contributed by atoms with Crippen molar-refractivity contribution in [1.29, 1.82) is 0 Å². The molecule has 2 bridgehead atoms. The number of amides is 2. The monoisotopic (exact) mass is 498 g/mol. The summed E-state index contributed by atoms with van der Waals surface area (Å²) in [4.78, 5) is 59.0. The van der Waals surface area contributed by atoms with E-state index in [-0.39, 0.29) is 36.1 Å². The van der Waals surface area contributed by atoms with Crippen LogP contribution in [0.25, 0.3) is 0 Å². The third kappa shape index (κ3) is 4.29. The second kappa shape index (κ2) is 9.48. The Morgan fingerprint density at radius 2 is 1.83 bits per heavy atom. The van der Waals surface area contributed by atoms with Gasteiger partial charge in [0.2, 0.25) is 5.75 Å². The van der Waals surface area contributed by atoms with Crippen molar-refractivity contribution in [3.63, 3.8) is 0 Å². The average Bonchev–Trinajstić information content (AvgIpc) is 3.12. The lowest BCUT2D eigenvalue weighted by Crippen LogP contribution is -2.54. The summed E-state index contributed by atoms with van der Waals surface area (Å²) in [6, 6.07) is 4.57. The summed E-state index contributed by atoms with van der Waals surface area (Å²) in [5.74, 6) is -2.61. The number of rotatable bonds is 5. The van der Waals surface area contributed by atoms with Crippen LogP contribution in [0.15, 0.2) is 23.0 Å². The highest BCUT2D eigenvalue weighted by molar-refractivity contribution is 6.34. The Morgan fingerprint density at radius 3 is 2.44 bits per heavy atom. The van der Waals surface area contributed by atoms with Crippen LogP contribution >= 0.6 is 0 Å². The second-order valence-corrected chi connectivity index (χ2v) is 10.1. The first-order valence-corrected chi connectivity index (χ1v) is 12.1. The van der Waals surface area contributed by atoms with Gasteiger partial charge in [0.25, 0.3) is 5.56 Å². The SMILES string of the molecule is Cc1cc(CCC(=O)c2nc3n(c(=O)c2O)CC2CCC3(N(C)C(=O)C(=O)N(C)C)CC2)ccc1F. The molecule has 0 radical (unpaired) electrons. The predicted molar refractivity (Wildman–Crippen MR) is 129 cm³/mol. The topological polar surface area (TPSA) is 113 Å². The number of halogens is 1. The van der Waals surface area contributed by atoms with Crippen molar-refractivity contribution in [1.82, 2.24) is 19.4 Å².